The Labute approximate surface area is 192 Å². The molecule has 0 radical (unpaired) electrons. The highest BCUT2D eigenvalue weighted by molar-refractivity contribution is 7.98. The molecule has 0 saturated carbocycles. The molecule has 0 spiro atoms. The minimum absolute atomic E-state index is 0.276. The van der Waals surface area contributed by atoms with Crippen molar-refractivity contribution in [2.45, 2.75) is 39.3 Å². The van der Waals surface area contributed by atoms with E-state index in [1.165, 1.54) is 0 Å². The van der Waals surface area contributed by atoms with Crippen LogP contribution in [0, 0.1) is 13.8 Å². The molecule has 0 aliphatic heterocycles. The summed E-state index contributed by atoms with van der Waals surface area (Å²) in [4.78, 5) is 41.9. The van der Waals surface area contributed by atoms with Crippen molar-refractivity contribution in [2.75, 3.05) is 12.0 Å². The number of Topliss-reactive ketones (excluding diaryl/α,β-unsaturated/α-hetero) is 1. The number of hydrogen-bond donors (Lipinski definition) is 2. The van der Waals surface area contributed by atoms with Crippen LogP contribution < -0.4 is 5.32 Å². The Morgan fingerprint density at radius 1 is 1.09 bits per heavy atom. The van der Waals surface area contributed by atoms with E-state index in [4.69, 9.17) is 4.74 Å². The molecule has 6 nitrogen and oxygen atoms in total. The van der Waals surface area contributed by atoms with E-state index in [1.54, 1.807) is 36.9 Å². The number of esters is 1. The Hall–Kier alpha value is -3.06. The van der Waals surface area contributed by atoms with Crippen molar-refractivity contribution >= 4 is 40.3 Å². The van der Waals surface area contributed by atoms with Crippen LogP contribution in [-0.4, -0.2) is 46.8 Å². The number of H-pyrrole nitrogens is 1. The summed E-state index contributed by atoms with van der Waals surface area (Å²) >= 11 is 1.57. The van der Waals surface area contributed by atoms with Gasteiger partial charge in [-0.15, -0.1) is 0 Å². The fourth-order valence-corrected chi connectivity index (χ4v) is 4.09. The van der Waals surface area contributed by atoms with Gasteiger partial charge in [-0.3, -0.25) is 9.59 Å². The van der Waals surface area contributed by atoms with Crippen LogP contribution >= 0.6 is 11.8 Å². The third-order valence-corrected chi connectivity index (χ3v) is 5.93. The molecule has 2 N–H and O–H groups in total. The summed E-state index contributed by atoms with van der Waals surface area (Å²) < 4.78 is 5.53. The predicted molar refractivity (Wildman–Crippen MR) is 128 cm³/mol. The molecule has 1 heterocycles. The Kier molecular flexibility index (Phi) is 7.75. The van der Waals surface area contributed by atoms with Gasteiger partial charge >= 0.3 is 5.97 Å². The molecule has 0 unspecified atom stereocenters. The van der Waals surface area contributed by atoms with Crippen molar-refractivity contribution in [1.82, 2.24) is 10.3 Å². The molecule has 1 amide bonds. The Morgan fingerprint density at radius 3 is 2.56 bits per heavy atom. The molecule has 3 rings (SSSR count). The summed E-state index contributed by atoms with van der Waals surface area (Å²) in [5.74, 6) is -0.568. The zero-order valence-electron chi connectivity index (χ0n) is 18.7. The maximum absolute atomic E-state index is 13.1. The summed E-state index contributed by atoms with van der Waals surface area (Å²) in [6.07, 6.45) is 1.36. The number of ether oxygens (including phenoxy) is 1. The normalized spacial score (nSPS) is 12.9. The standard InChI is InChI=1S/C25H28N2O4S/c1-15-8-7-9-18(14-15)24(29)27-21(12-13-32-4)25(30)31-17(3)23(28)22-16(2)26-20-11-6-5-10-19(20)22/h5-11,14,17,21,26H,12-13H2,1-4H3,(H,27,29)/t17-,21+/m0/s1. The van der Waals surface area contributed by atoms with E-state index in [2.05, 4.69) is 10.3 Å². The van der Waals surface area contributed by atoms with Gasteiger partial charge in [0.25, 0.3) is 5.91 Å². The first kappa shape index (κ1) is 23.6. The van der Waals surface area contributed by atoms with Crippen molar-refractivity contribution < 1.29 is 19.1 Å². The number of aromatic nitrogens is 1. The molecule has 0 bridgehead atoms. The zero-order chi connectivity index (χ0) is 23.3. The number of carbonyl (C=O) groups is 3. The van der Waals surface area contributed by atoms with Gasteiger partial charge in [0.05, 0.1) is 0 Å². The summed E-state index contributed by atoms with van der Waals surface area (Å²) in [6.45, 7) is 5.29. The molecule has 168 valence electrons. The first-order chi connectivity index (χ1) is 15.3. The number of aromatic amines is 1. The topological polar surface area (TPSA) is 88.3 Å². The lowest BCUT2D eigenvalue weighted by Crippen LogP contribution is -2.44. The number of hydrogen-bond acceptors (Lipinski definition) is 5. The van der Waals surface area contributed by atoms with Crippen LogP contribution in [0.4, 0.5) is 0 Å². The van der Waals surface area contributed by atoms with Gasteiger partial charge in [-0.1, -0.05) is 35.9 Å². The highest BCUT2D eigenvalue weighted by atomic mass is 32.2. The van der Waals surface area contributed by atoms with Crippen molar-refractivity contribution in [2.24, 2.45) is 0 Å². The van der Waals surface area contributed by atoms with Gasteiger partial charge in [0.15, 0.2) is 6.10 Å². The summed E-state index contributed by atoms with van der Waals surface area (Å²) in [6, 6.07) is 13.8. The number of thioether (sulfide) groups is 1. The molecule has 32 heavy (non-hydrogen) atoms. The highest BCUT2D eigenvalue weighted by Gasteiger charge is 2.29. The second-order valence-electron chi connectivity index (χ2n) is 7.79. The average molecular weight is 453 g/mol. The lowest BCUT2D eigenvalue weighted by atomic mass is 10.0. The maximum atomic E-state index is 13.1. The van der Waals surface area contributed by atoms with Crippen LogP contribution in [0.15, 0.2) is 48.5 Å². The van der Waals surface area contributed by atoms with Crippen LogP contribution in [0.5, 0.6) is 0 Å². The number of aryl methyl sites for hydroxylation is 2. The number of nitrogens with one attached hydrogen (secondary N) is 2. The number of benzene rings is 2. The summed E-state index contributed by atoms with van der Waals surface area (Å²) in [5, 5.41) is 3.57. The molecule has 0 saturated heterocycles. The van der Waals surface area contributed by atoms with Crippen LogP contribution in [-0.2, 0) is 9.53 Å². The molecule has 0 aliphatic rings. The molecule has 3 aromatic rings. The molecular weight excluding hydrogens is 424 g/mol. The predicted octanol–water partition coefficient (Wildman–Crippen LogP) is 4.45. The highest BCUT2D eigenvalue weighted by Crippen LogP contribution is 2.24. The van der Waals surface area contributed by atoms with Crippen molar-refractivity contribution in [3.05, 3.63) is 70.9 Å². The molecule has 2 aromatic carbocycles. The number of rotatable bonds is 9. The maximum Gasteiger partial charge on any atom is 0.329 e. The quantitative estimate of drug-likeness (QED) is 0.370. The third kappa shape index (κ3) is 5.40. The van der Waals surface area contributed by atoms with Crippen molar-refractivity contribution in [3.63, 3.8) is 0 Å². The average Bonchev–Trinajstić information content (AvgIpc) is 3.11. The van der Waals surface area contributed by atoms with E-state index in [1.807, 2.05) is 50.4 Å². The van der Waals surface area contributed by atoms with Gasteiger partial charge in [0.2, 0.25) is 5.78 Å². The van der Waals surface area contributed by atoms with Gasteiger partial charge in [-0.25, -0.2) is 4.79 Å². The SMILES string of the molecule is CSCC[C@@H](NC(=O)c1cccc(C)c1)C(=O)O[C@@H](C)C(=O)c1c(C)[nH]c2ccccc12. The van der Waals surface area contributed by atoms with E-state index in [9.17, 15) is 14.4 Å². The van der Waals surface area contributed by atoms with Crippen LogP contribution in [0.1, 0.15) is 45.3 Å². The molecule has 0 aliphatic carbocycles. The first-order valence-electron chi connectivity index (χ1n) is 10.5. The molecular formula is C25H28N2O4S. The molecule has 0 fully saturated rings. The van der Waals surface area contributed by atoms with Crippen LogP contribution in [0.2, 0.25) is 0 Å². The van der Waals surface area contributed by atoms with Crippen molar-refractivity contribution in [3.8, 4) is 0 Å². The number of fused-ring (bicyclic) bond motifs is 1. The lowest BCUT2D eigenvalue weighted by Gasteiger charge is -2.20. The van der Waals surface area contributed by atoms with E-state index >= 15 is 0 Å². The van der Waals surface area contributed by atoms with Crippen LogP contribution in [0.25, 0.3) is 10.9 Å². The Morgan fingerprint density at radius 2 is 1.84 bits per heavy atom. The Balaban J connectivity index is 1.74. The van der Waals surface area contributed by atoms with E-state index in [-0.39, 0.29) is 11.7 Å². The minimum atomic E-state index is -0.979. The minimum Gasteiger partial charge on any atom is -0.453 e. The first-order valence-corrected chi connectivity index (χ1v) is 11.9. The summed E-state index contributed by atoms with van der Waals surface area (Å²) in [5.41, 5.74) is 3.53. The smallest absolute Gasteiger partial charge is 0.329 e. The zero-order valence-corrected chi connectivity index (χ0v) is 19.5. The van der Waals surface area contributed by atoms with Crippen LogP contribution in [0.3, 0.4) is 0 Å². The Bertz CT molecular complexity index is 1140. The second kappa shape index (κ2) is 10.5. The van der Waals surface area contributed by atoms with Gasteiger partial charge in [0.1, 0.15) is 6.04 Å². The number of carbonyl (C=O) groups excluding carboxylic acids is 3. The summed E-state index contributed by atoms with van der Waals surface area (Å²) in [7, 11) is 0. The monoisotopic (exact) mass is 452 g/mol. The fourth-order valence-electron chi connectivity index (χ4n) is 3.62. The van der Waals surface area contributed by atoms with Gasteiger partial charge in [0, 0.05) is 27.7 Å². The number of para-hydroxylation sites is 1. The number of ketones is 1. The van der Waals surface area contributed by atoms with E-state index in [0.717, 1.165) is 22.2 Å². The van der Waals surface area contributed by atoms with Gasteiger partial charge in [-0.05, 0) is 57.4 Å². The molecule has 1 aromatic heterocycles. The lowest BCUT2D eigenvalue weighted by molar-refractivity contribution is -0.148. The largest absolute Gasteiger partial charge is 0.453 e. The van der Waals surface area contributed by atoms with E-state index in [0.29, 0.717) is 23.3 Å². The van der Waals surface area contributed by atoms with E-state index < -0.39 is 18.1 Å². The van der Waals surface area contributed by atoms with Crippen molar-refractivity contribution in [1.29, 1.82) is 0 Å². The van der Waals surface area contributed by atoms with Gasteiger partial charge in [-0.2, -0.15) is 11.8 Å². The fraction of sp³-hybridized carbons (Fsp3) is 0.320. The molecule has 7 heteroatoms. The van der Waals surface area contributed by atoms with Gasteiger partial charge < -0.3 is 15.0 Å². The second-order valence-corrected chi connectivity index (χ2v) is 8.78. The number of amides is 1. The third-order valence-electron chi connectivity index (χ3n) is 5.28. The molecule has 2 atom stereocenters.